The van der Waals surface area contributed by atoms with Gasteiger partial charge in [-0.05, 0) is 39.3 Å². The van der Waals surface area contributed by atoms with Crippen LogP contribution in [0.15, 0.2) is 12.4 Å². The van der Waals surface area contributed by atoms with Crippen LogP contribution in [0.3, 0.4) is 0 Å². The van der Waals surface area contributed by atoms with Gasteiger partial charge in [-0.1, -0.05) is 11.6 Å². The molecule has 4 rings (SSSR count). The predicted octanol–water partition coefficient (Wildman–Crippen LogP) is 4.26. The summed E-state index contributed by atoms with van der Waals surface area (Å²) in [4.78, 5) is 10.8. The third-order valence-corrected chi connectivity index (χ3v) is 6.52. The number of alkyl halides is 3. The Morgan fingerprint density at radius 2 is 1.91 bits per heavy atom. The van der Waals surface area contributed by atoms with E-state index >= 15 is 0 Å². The number of aliphatic hydroxyl groups excluding tert-OH is 1. The molecule has 1 unspecified atom stereocenters. The Balaban J connectivity index is 0.000000795. The van der Waals surface area contributed by atoms with Crippen LogP contribution < -0.4 is 10.5 Å². The molecule has 1 fully saturated rings. The van der Waals surface area contributed by atoms with Gasteiger partial charge in [-0.25, -0.2) is 14.6 Å². The molecule has 8 nitrogen and oxygen atoms in total. The number of hydrogen-bond acceptors (Lipinski definition) is 7. The van der Waals surface area contributed by atoms with Gasteiger partial charge in [0.15, 0.2) is 5.65 Å². The lowest BCUT2D eigenvalue weighted by Gasteiger charge is -2.41. The quantitative estimate of drug-likeness (QED) is 0.485. The summed E-state index contributed by atoms with van der Waals surface area (Å²) in [6.07, 6.45) is 1.46. The second-order valence-corrected chi connectivity index (χ2v) is 8.75. The molecule has 0 saturated carbocycles. The van der Waals surface area contributed by atoms with Crippen LogP contribution in [-0.2, 0) is 0 Å². The molecule has 0 spiro atoms. The van der Waals surface area contributed by atoms with E-state index in [0.717, 1.165) is 46.6 Å². The lowest BCUT2D eigenvalue weighted by atomic mass is 9.85. The highest BCUT2D eigenvalue weighted by Crippen LogP contribution is 2.44. The third-order valence-electron chi connectivity index (χ3n) is 6.13. The molecule has 0 radical (unpaired) electrons. The number of anilines is 1. The number of β-amino-alcohol motifs (C(OH)–C–C–N with tert-alkyl or cyclic N) is 1. The smallest absolute Gasteiger partial charge is 0.379 e. The Morgan fingerprint density at radius 3 is 2.51 bits per heavy atom. The van der Waals surface area contributed by atoms with Gasteiger partial charge in [-0.2, -0.15) is 18.3 Å². The average Bonchev–Trinajstić information content (AvgIpc) is 3.11. The van der Waals surface area contributed by atoms with E-state index in [2.05, 4.69) is 21.8 Å². The van der Waals surface area contributed by atoms with Crippen molar-refractivity contribution in [3.8, 4) is 5.75 Å². The molecule has 35 heavy (non-hydrogen) atoms. The summed E-state index contributed by atoms with van der Waals surface area (Å²) in [6.45, 7) is 7.50. The lowest BCUT2D eigenvalue weighted by Crippen LogP contribution is -2.46. The third kappa shape index (κ3) is 5.62. The number of fused-ring (bicyclic) bond motifs is 1. The van der Waals surface area contributed by atoms with Crippen molar-refractivity contribution in [1.82, 2.24) is 24.6 Å². The average molecular weight is 515 g/mol. The Bertz CT molecular complexity index is 1170. The number of nitrogens with zero attached hydrogens (tertiary/aromatic N) is 5. The molecule has 1 aliphatic rings. The summed E-state index contributed by atoms with van der Waals surface area (Å²) in [5, 5.41) is 15.4. The number of nitrogen functional groups attached to an aromatic ring is 1. The molecule has 3 heterocycles. The Labute approximate surface area is 206 Å². The van der Waals surface area contributed by atoms with Gasteiger partial charge in [-0.15, -0.1) is 0 Å². The molecule has 12 heteroatoms. The molecule has 1 saturated heterocycles. The Kier molecular flexibility index (Phi) is 8.79. The minimum atomic E-state index is -3.67. The fourth-order valence-electron chi connectivity index (χ4n) is 4.52. The number of rotatable bonds is 7. The Hall–Kier alpha value is -2.63. The molecule has 3 aromatic rings. The van der Waals surface area contributed by atoms with Crippen LogP contribution in [0.25, 0.3) is 11.0 Å². The molecule has 1 aliphatic heterocycles. The number of nitrogens with two attached hydrogens (primary N) is 1. The first-order chi connectivity index (χ1) is 16.6. The summed E-state index contributed by atoms with van der Waals surface area (Å²) in [5.74, 6) is 1.60. The molecule has 2 aromatic heterocycles. The van der Waals surface area contributed by atoms with Crippen LogP contribution in [0.2, 0.25) is 5.02 Å². The van der Waals surface area contributed by atoms with E-state index in [-0.39, 0.29) is 12.6 Å². The van der Waals surface area contributed by atoms with Crippen molar-refractivity contribution < 1.29 is 23.0 Å². The van der Waals surface area contributed by atoms with Gasteiger partial charge in [0, 0.05) is 41.7 Å². The second-order valence-electron chi connectivity index (χ2n) is 8.34. The van der Waals surface area contributed by atoms with Gasteiger partial charge in [0.2, 0.25) is 0 Å². The first kappa shape index (κ1) is 27.0. The number of aliphatic hydroxyl groups is 1. The highest BCUT2D eigenvalue weighted by atomic mass is 35.5. The molecule has 1 atom stereocenters. The van der Waals surface area contributed by atoms with Crippen molar-refractivity contribution in [2.24, 2.45) is 0 Å². The lowest BCUT2D eigenvalue weighted by molar-refractivity contribution is 0.00819. The zero-order valence-electron chi connectivity index (χ0n) is 20.1. The number of halogens is 4. The van der Waals surface area contributed by atoms with Crippen LogP contribution in [0.5, 0.6) is 5.75 Å². The number of aromatic nitrogens is 4. The van der Waals surface area contributed by atoms with E-state index in [1.54, 1.807) is 0 Å². The van der Waals surface area contributed by atoms with Crippen LogP contribution in [0.4, 0.5) is 19.0 Å². The highest BCUT2D eigenvalue weighted by molar-refractivity contribution is 6.31. The van der Waals surface area contributed by atoms with Crippen molar-refractivity contribution in [3.05, 3.63) is 39.8 Å². The maximum atomic E-state index is 9.67. The molecule has 0 amide bonds. The highest BCUT2D eigenvalue weighted by Gasteiger charge is 2.34. The molecular formula is C23H30ClF3N6O2. The van der Waals surface area contributed by atoms with Crippen LogP contribution in [0.1, 0.15) is 48.2 Å². The predicted molar refractivity (Wildman–Crippen MR) is 129 cm³/mol. The molecular weight excluding hydrogens is 485 g/mol. The SMILES string of the molecule is CCOc1c(C(C)n2nc(C)c3c(N)ncnc32)cc(Cl)c(C)c1C1CN(CCO)C1.FC(F)F. The van der Waals surface area contributed by atoms with E-state index in [1.165, 1.54) is 6.33 Å². The van der Waals surface area contributed by atoms with Crippen LogP contribution in [0, 0.1) is 13.8 Å². The van der Waals surface area contributed by atoms with Crippen LogP contribution in [-0.4, -0.2) is 69.3 Å². The fourth-order valence-corrected chi connectivity index (χ4v) is 4.74. The van der Waals surface area contributed by atoms with Gasteiger partial charge in [-0.3, -0.25) is 4.90 Å². The zero-order valence-corrected chi connectivity index (χ0v) is 20.9. The van der Waals surface area contributed by atoms with E-state index in [4.69, 9.17) is 27.2 Å². The molecule has 0 aliphatic carbocycles. The largest absolute Gasteiger partial charge is 0.493 e. The van der Waals surface area contributed by atoms with Gasteiger partial charge < -0.3 is 15.6 Å². The van der Waals surface area contributed by atoms with Crippen molar-refractivity contribution in [3.63, 3.8) is 0 Å². The monoisotopic (exact) mass is 514 g/mol. The normalized spacial score (nSPS) is 15.1. The van der Waals surface area contributed by atoms with Crippen molar-refractivity contribution in [1.29, 1.82) is 0 Å². The van der Waals surface area contributed by atoms with Gasteiger partial charge >= 0.3 is 6.68 Å². The maximum absolute atomic E-state index is 9.67. The minimum Gasteiger partial charge on any atom is -0.493 e. The van der Waals surface area contributed by atoms with Crippen LogP contribution >= 0.6 is 11.6 Å². The van der Waals surface area contributed by atoms with E-state index < -0.39 is 6.68 Å². The van der Waals surface area contributed by atoms with E-state index in [1.807, 2.05) is 31.5 Å². The maximum Gasteiger partial charge on any atom is 0.379 e. The topological polar surface area (TPSA) is 102 Å². The van der Waals surface area contributed by atoms with E-state index in [9.17, 15) is 18.3 Å². The van der Waals surface area contributed by atoms with Crippen molar-refractivity contribution in [2.75, 3.05) is 38.6 Å². The summed E-state index contributed by atoms with van der Waals surface area (Å²) < 4.78 is 37.1. The zero-order chi connectivity index (χ0) is 25.9. The van der Waals surface area contributed by atoms with Gasteiger partial charge in [0.25, 0.3) is 0 Å². The number of likely N-dealkylation sites (tertiary alicyclic amines) is 1. The first-order valence-electron chi connectivity index (χ1n) is 11.3. The molecule has 192 valence electrons. The standard InChI is InChI=1S/C22H29ClN6O2.CHF3/c1-5-31-20-16(8-17(23)12(2)18(20)15-9-28(10-15)6-7-30)14(4)29-22-19(13(3)27-29)21(24)25-11-26-22;2-1(3)4/h8,11,14-15,30H,5-7,9-10H2,1-4H3,(H2,24,25,26);1H. The van der Waals surface area contributed by atoms with Crippen molar-refractivity contribution in [2.45, 2.75) is 46.3 Å². The van der Waals surface area contributed by atoms with Gasteiger partial charge in [0.1, 0.15) is 17.9 Å². The molecule has 1 aromatic carbocycles. The summed E-state index contributed by atoms with van der Waals surface area (Å²) in [6, 6.07) is 1.81. The first-order valence-corrected chi connectivity index (χ1v) is 11.6. The summed E-state index contributed by atoms with van der Waals surface area (Å²) in [7, 11) is 0. The molecule has 0 bridgehead atoms. The van der Waals surface area contributed by atoms with Crippen molar-refractivity contribution >= 4 is 28.5 Å². The second kappa shape index (κ2) is 11.4. The minimum absolute atomic E-state index is 0.165. The molecule has 3 N–H and O–H groups in total. The Morgan fingerprint density at radius 1 is 1.26 bits per heavy atom. The number of benzene rings is 1. The fraction of sp³-hybridized carbons (Fsp3) is 0.522. The summed E-state index contributed by atoms with van der Waals surface area (Å²) >= 11 is 6.71. The van der Waals surface area contributed by atoms with Gasteiger partial charge in [0.05, 0.1) is 30.3 Å². The number of ether oxygens (including phenoxy) is 1. The number of aryl methyl sites for hydroxylation is 1. The van der Waals surface area contributed by atoms with E-state index in [0.29, 0.717) is 35.6 Å². The number of hydrogen-bond donors (Lipinski definition) is 2. The summed E-state index contributed by atoms with van der Waals surface area (Å²) in [5.41, 5.74) is 10.7.